The van der Waals surface area contributed by atoms with Crippen LogP contribution < -0.4 is 4.74 Å². The Kier molecular flexibility index (Phi) is 2.98. The molecule has 0 spiro atoms. The number of nitrogens with zero attached hydrogens (tertiary/aromatic N) is 1. The summed E-state index contributed by atoms with van der Waals surface area (Å²) in [5.74, 6) is 0.0324. The third kappa shape index (κ3) is 2.00. The predicted molar refractivity (Wildman–Crippen MR) is 72.2 cm³/mol. The van der Waals surface area contributed by atoms with E-state index in [4.69, 9.17) is 4.74 Å². The van der Waals surface area contributed by atoms with Crippen molar-refractivity contribution in [3.8, 4) is 5.75 Å². The average Bonchev–Trinajstić information content (AvgIpc) is 3.01. The van der Waals surface area contributed by atoms with E-state index in [1.807, 2.05) is 31.2 Å². The number of hydrogen-bond acceptors (Lipinski definition) is 4. The zero-order valence-electron chi connectivity index (χ0n) is 10.4. The summed E-state index contributed by atoms with van der Waals surface area (Å²) in [5.41, 5.74) is 1.76. The molecule has 0 amide bonds. The first-order valence-electron chi connectivity index (χ1n) is 6.15. The zero-order valence-corrected chi connectivity index (χ0v) is 11.2. The van der Waals surface area contributed by atoms with E-state index < -0.39 is 5.97 Å². The van der Waals surface area contributed by atoms with Gasteiger partial charge in [0.25, 0.3) is 0 Å². The quantitative estimate of drug-likeness (QED) is 0.935. The van der Waals surface area contributed by atoms with Crippen LogP contribution in [0.2, 0.25) is 0 Å². The molecule has 4 nitrogen and oxygen atoms in total. The smallest absolute Gasteiger partial charge is 0.347 e. The summed E-state index contributed by atoms with van der Waals surface area (Å²) in [7, 11) is 0. The van der Waals surface area contributed by atoms with Gasteiger partial charge in [-0.25, -0.2) is 9.78 Å². The van der Waals surface area contributed by atoms with Gasteiger partial charge >= 0.3 is 5.97 Å². The van der Waals surface area contributed by atoms with Crippen molar-refractivity contribution >= 4 is 17.3 Å². The largest absolute Gasteiger partial charge is 0.492 e. The summed E-state index contributed by atoms with van der Waals surface area (Å²) < 4.78 is 5.63. The molecule has 1 unspecified atom stereocenters. The van der Waals surface area contributed by atoms with Gasteiger partial charge in [0.2, 0.25) is 0 Å². The van der Waals surface area contributed by atoms with Crippen molar-refractivity contribution in [2.75, 3.05) is 6.61 Å². The number of aryl methyl sites for hydroxylation is 1. The highest BCUT2D eigenvalue weighted by molar-refractivity contribution is 7.13. The minimum absolute atomic E-state index is 0.0552. The second kappa shape index (κ2) is 4.66. The maximum Gasteiger partial charge on any atom is 0.347 e. The molecule has 1 aromatic heterocycles. The van der Waals surface area contributed by atoms with Gasteiger partial charge in [0.05, 0.1) is 11.6 Å². The lowest BCUT2D eigenvalue weighted by molar-refractivity contribution is 0.0701. The number of rotatable bonds is 3. The van der Waals surface area contributed by atoms with Crippen molar-refractivity contribution in [2.24, 2.45) is 0 Å². The van der Waals surface area contributed by atoms with E-state index in [1.54, 1.807) is 0 Å². The van der Waals surface area contributed by atoms with Crippen molar-refractivity contribution < 1.29 is 14.6 Å². The van der Waals surface area contributed by atoms with Gasteiger partial charge in [-0.05, 0) is 12.5 Å². The van der Waals surface area contributed by atoms with E-state index in [1.165, 1.54) is 11.3 Å². The molecule has 98 valence electrons. The Morgan fingerprint density at radius 2 is 2.32 bits per heavy atom. The van der Waals surface area contributed by atoms with Crippen LogP contribution in [0.4, 0.5) is 0 Å². The van der Waals surface area contributed by atoms with Crippen LogP contribution in [0.15, 0.2) is 24.3 Å². The van der Waals surface area contributed by atoms with E-state index in [2.05, 4.69) is 4.98 Å². The van der Waals surface area contributed by atoms with Gasteiger partial charge in [-0.1, -0.05) is 25.1 Å². The number of benzene rings is 1. The summed E-state index contributed by atoms with van der Waals surface area (Å²) >= 11 is 1.26. The van der Waals surface area contributed by atoms with Crippen molar-refractivity contribution in [1.29, 1.82) is 0 Å². The maximum absolute atomic E-state index is 11.2. The van der Waals surface area contributed by atoms with Gasteiger partial charge in [-0.15, -0.1) is 11.3 Å². The van der Waals surface area contributed by atoms with Crippen LogP contribution in [0.5, 0.6) is 5.75 Å². The third-order valence-corrected chi connectivity index (χ3v) is 4.44. The first kappa shape index (κ1) is 12.2. The average molecular weight is 275 g/mol. The number of ether oxygens (including phenoxy) is 1. The Hall–Kier alpha value is -1.88. The molecule has 1 aromatic carbocycles. The highest BCUT2D eigenvalue weighted by Crippen LogP contribution is 2.39. The van der Waals surface area contributed by atoms with Crippen molar-refractivity contribution in [3.63, 3.8) is 0 Å². The van der Waals surface area contributed by atoms with Gasteiger partial charge < -0.3 is 9.84 Å². The molecule has 3 rings (SSSR count). The number of carboxylic acid groups (broad SMARTS) is 1. The molecule has 0 fully saturated rings. The summed E-state index contributed by atoms with van der Waals surface area (Å²) in [6.07, 6.45) is 0.632. The molecule has 2 heterocycles. The molecule has 0 saturated heterocycles. The van der Waals surface area contributed by atoms with Crippen LogP contribution in [0.1, 0.15) is 38.8 Å². The minimum atomic E-state index is -0.896. The molecule has 0 radical (unpaired) electrons. The predicted octanol–water partition coefficient (Wildman–Crippen LogP) is 2.93. The third-order valence-electron chi connectivity index (χ3n) is 3.24. The summed E-state index contributed by atoms with van der Waals surface area (Å²) in [6.45, 7) is 2.46. The fraction of sp³-hybridized carbons (Fsp3) is 0.286. The Balaban J connectivity index is 2.03. The number of aromatic carboxylic acids is 1. The molecular formula is C14H13NO3S. The van der Waals surface area contributed by atoms with Gasteiger partial charge in [0.1, 0.15) is 22.2 Å². The minimum Gasteiger partial charge on any atom is -0.492 e. The molecule has 1 aliphatic rings. The number of hydrogen-bond donors (Lipinski definition) is 1. The molecule has 5 heteroatoms. The van der Waals surface area contributed by atoms with Crippen LogP contribution >= 0.6 is 11.3 Å². The van der Waals surface area contributed by atoms with Crippen LogP contribution in [0.25, 0.3) is 0 Å². The number of carbonyl (C=O) groups is 1. The standard InChI is InChI=1S/C14H13NO3S/c1-2-10-12(14(16)17)19-13(15-10)9-7-18-11-6-4-3-5-8(9)11/h3-6,9H,2,7H2,1H3,(H,16,17). The van der Waals surface area contributed by atoms with Gasteiger partial charge in [0, 0.05) is 5.56 Å². The van der Waals surface area contributed by atoms with E-state index in [9.17, 15) is 9.90 Å². The lowest BCUT2D eigenvalue weighted by atomic mass is 10.0. The molecule has 19 heavy (non-hydrogen) atoms. The fourth-order valence-electron chi connectivity index (χ4n) is 2.29. The number of para-hydroxylation sites is 1. The Morgan fingerprint density at radius 1 is 1.53 bits per heavy atom. The Bertz CT molecular complexity index is 635. The Morgan fingerprint density at radius 3 is 3.00 bits per heavy atom. The monoisotopic (exact) mass is 275 g/mol. The molecule has 1 N–H and O–H groups in total. The molecule has 1 aliphatic heterocycles. The second-order valence-corrected chi connectivity index (χ2v) is 5.42. The van der Waals surface area contributed by atoms with Crippen LogP contribution in [0.3, 0.4) is 0 Å². The fourth-order valence-corrected chi connectivity index (χ4v) is 3.39. The summed E-state index contributed by atoms with van der Waals surface area (Å²) in [6, 6.07) is 7.85. The summed E-state index contributed by atoms with van der Waals surface area (Å²) in [5, 5.41) is 10.0. The van der Waals surface area contributed by atoms with Gasteiger partial charge in [0.15, 0.2) is 0 Å². The van der Waals surface area contributed by atoms with Crippen molar-refractivity contribution in [2.45, 2.75) is 19.3 Å². The van der Waals surface area contributed by atoms with Crippen LogP contribution in [-0.4, -0.2) is 22.7 Å². The topological polar surface area (TPSA) is 59.4 Å². The van der Waals surface area contributed by atoms with Gasteiger partial charge in [-0.3, -0.25) is 0 Å². The molecule has 1 atom stereocenters. The number of fused-ring (bicyclic) bond motifs is 1. The first-order valence-corrected chi connectivity index (χ1v) is 6.97. The molecule has 0 bridgehead atoms. The number of aromatic nitrogens is 1. The first-order chi connectivity index (χ1) is 9.20. The maximum atomic E-state index is 11.2. The lowest BCUT2D eigenvalue weighted by Crippen LogP contribution is -2.02. The highest BCUT2D eigenvalue weighted by atomic mass is 32.1. The normalized spacial score (nSPS) is 17.0. The highest BCUT2D eigenvalue weighted by Gasteiger charge is 2.29. The van der Waals surface area contributed by atoms with Crippen LogP contribution in [0, 0.1) is 0 Å². The van der Waals surface area contributed by atoms with E-state index in [0.29, 0.717) is 23.6 Å². The zero-order chi connectivity index (χ0) is 13.4. The number of carboxylic acids is 1. The SMILES string of the molecule is CCc1nc(C2COc3ccccc32)sc1C(=O)O. The molecule has 0 aliphatic carbocycles. The van der Waals surface area contributed by atoms with E-state index in [0.717, 1.165) is 16.3 Å². The van der Waals surface area contributed by atoms with E-state index >= 15 is 0 Å². The van der Waals surface area contributed by atoms with Crippen molar-refractivity contribution in [3.05, 3.63) is 45.4 Å². The second-order valence-electron chi connectivity index (χ2n) is 4.39. The van der Waals surface area contributed by atoms with E-state index in [-0.39, 0.29) is 5.92 Å². The molecule has 0 saturated carbocycles. The lowest BCUT2D eigenvalue weighted by Gasteiger charge is -2.03. The summed E-state index contributed by atoms with van der Waals surface area (Å²) in [4.78, 5) is 16.0. The molecule has 2 aromatic rings. The van der Waals surface area contributed by atoms with Crippen LogP contribution in [-0.2, 0) is 6.42 Å². The molecular weight excluding hydrogens is 262 g/mol. The number of thiazole rings is 1. The Labute approximate surface area is 114 Å². The van der Waals surface area contributed by atoms with Gasteiger partial charge in [-0.2, -0.15) is 0 Å². The van der Waals surface area contributed by atoms with Crippen molar-refractivity contribution in [1.82, 2.24) is 4.98 Å².